The molecular weight excluding hydrogens is 376 g/mol. The van der Waals surface area contributed by atoms with E-state index in [2.05, 4.69) is 10.3 Å². The Balaban J connectivity index is 0.00000240. The van der Waals surface area contributed by atoms with E-state index in [-0.39, 0.29) is 13.5 Å². The number of hydrogen-bond donors (Lipinski definition) is 1. The van der Waals surface area contributed by atoms with Crippen LogP contribution in [0.3, 0.4) is 0 Å². The first-order valence-electron chi connectivity index (χ1n) is 8.94. The molecule has 2 aliphatic rings. The van der Waals surface area contributed by atoms with Crippen molar-refractivity contribution in [3.63, 3.8) is 0 Å². The lowest BCUT2D eigenvalue weighted by molar-refractivity contribution is -0.137. The highest BCUT2D eigenvalue weighted by atomic mass is 19.4. The fraction of sp³-hybridized carbons (Fsp3) is 0.400. The lowest BCUT2D eigenvalue weighted by Crippen LogP contribution is -2.39. The number of fused-ring (bicyclic) bond motifs is 2. The molecule has 0 radical (unpaired) electrons. The van der Waals surface area contributed by atoms with Crippen LogP contribution in [0, 0.1) is 12.8 Å². The Morgan fingerprint density at radius 3 is 2.79 bits per heavy atom. The van der Waals surface area contributed by atoms with Crippen LogP contribution in [0.1, 0.15) is 30.6 Å². The minimum Gasteiger partial charge on any atom is -0.370 e. The summed E-state index contributed by atoms with van der Waals surface area (Å²) in [5, 5.41) is 2.55. The summed E-state index contributed by atoms with van der Waals surface area (Å²) in [6, 6.07) is 7.95. The van der Waals surface area contributed by atoms with E-state index in [9.17, 15) is 22.4 Å². The number of aromatic nitrogens is 1. The molecule has 8 heteroatoms. The van der Waals surface area contributed by atoms with Gasteiger partial charge < -0.3 is 10.1 Å². The maximum atomic E-state index is 14.3. The van der Waals surface area contributed by atoms with E-state index >= 15 is 0 Å². The number of benzene rings is 1. The van der Waals surface area contributed by atoms with Gasteiger partial charge in [0.15, 0.2) is 0 Å². The Hall–Kier alpha value is -2.48. The van der Waals surface area contributed by atoms with Crippen LogP contribution in [0.2, 0.25) is 0 Å². The third-order valence-electron chi connectivity index (χ3n) is 5.35. The van der Waals surface area contributed by atoms with E-state index in [0.717, 1.165) is 23.4 Å². The standard InChI is InChI=1S/C20H18F4N2O2.H2/c1-10-7-11(5-6-25-10)16-17(15-9-14(21)18(16)28-15)19(27)26-13-4-2-3-12(8-13)20(22,23)24;/h2-8,14-18H,9H2,1H3,(H,26,27);1H/t14-,15+,16+,17-,18-;/m0./s1. The average Bonchev–Trinajstić information content (AvgIpc) is 3.18. The van der Waals surface area contributed by atoms with Crippen LogP contribution >= 0.6 is 0 Å². The van der Waals surface area contributed by atoms with Crippen LogP contribution < -0.4 is 5.32 Å². The third kappa shape index (κ3) is 3.37. The molecule has 0 aliphatic carbocycles. The second-order valence-corrected chi connectivity index (χ2v) is 7.24. The molecular formula is C20H20F4N2O2. The van der Waals surface area contributed by atoms with E-state index in [4.69, 9.17) is 4.74 Å². The Kier molecular flexibility index (Phi) is 4.61. The summed E-state index contributed by atoms with van der Waals surface area (Å²) in [5.74, 6) is -1.67. The van der Waals surface area contributed by atoms with Gasteiger partial charge in [0.25, 0.3) is 0 Å². The van der Waals surface area contributed by atoms with Crippen LogP contribution in [0.15, 0.2) is 42.6 Å². The molecule has 150 valence electrons. The second kappa shape index (κ2) is 6.84. The summed E-state index contributed by atoms with van der Waals surface area (Å²) in [4.78, 5) is 17.1. The lowest BCUT2D eigenvalue weighted by atomic mass is 9.74. The summed E-state index contributed by atoms with van der Waals surface area (Å²) in [5.41, 5.74) is 0.669. The molecule has 4 nitrogen and oxygen atoms in total. The van der Waals surface area contributed by atoms with Gasteiger partial charge in [-0.2, -0.15) is 13.2 Å². The fourth-order valence-corrected chi connectivity index (χ4v) is 4.18. The van der Waals surface area contributed by atoms with Gasteiger partial charge in [0.05, 0.1) is 23.7 Å². The number of nitrogens with one attached hydrogen (secondary N) is 1. The zero-order valence-corrected chi connectivity index (χ0v) is 14.9. The van der Waals surface area contributed by atoms with E-state index in [0.29, 0.717) is 0 Å². The van der Waals surface area contributed by atoms with Crippen molar-refractivity contribution in [2.75, 3.05) is 5.32 Å². The zero-order chi connectivity index (χ0) is 20.1. The number of alkyl halides is 4. The minimum absolute atomic E-state index is 0. The molecule has 3 heterocycles. The molecule has 2 aromatic rings. The molecule has 0 unspecified atom stereocenters. The number of halogens is 4. The van der Waals surface area contributed by atoms with Gasteiger partial charge in [0.1, 0.15) is 6.17 Å². The molecule has 0 spiro atoms. The van der Waals surface area contributed by atoms with Gasteiger partial charge in [-0.1, -0.05) is 6.07 Å². The number of aryl methyl sites for hydroxylation is 1. The Morgan fingerprint density at radius 2 is 2.07 bits per heavy atom. The van der Waals surface area contributed by atoms with Crippen molar-refractivity contribution in [1.29, 1.82) is 0 Å². The van der Waals surface area contributed by atoms with Gasteiger partial charge >= 0.3 is 6.18 Å². The topological polar surface area (TPSA) is 51.2 Å². The number of anilines is 1. The van der Waals surface area contributed by atoms with Crippen molar-refractivity contribution in [3.8, 4) is 0 Å². The largest absolute Gasteiger partial charge is 0.416 e. The van der Waals surface area contributed by atoms with E-state index in [1.807, 2.05) is 0 Å². The van der Waals surface area contributed by atoms with Gasteiger partial charge in [-0.05, 0) is 42.8 Å². The summed E-state index contributed by atoms with van der Waals surface area (Å²) in [7, 11) is 0. The Labute approximate surface area is 160 Å². The van der Waals surface area contributed by atoms with E-state index in [1.54, 1.807) is 25.3 Å². The number of carbonyl (C=O) groups excluding carboxylic acids is 1. The predicted octanol–water partition coefficient (Wildman–Crippen LogP) is 4.50. The van der Waals surface area contributed by atoms with Crippen molar-refractivity contribution >= 4 is 11.6 Å². The first kappa shape index (κ1) is 18.9. The number of hydrogen-bond acceptors (Lipinski definition) is 3. The van der Waals surface area contributed by atoms with Crippen molar-refractivity contribution in [2.45, 2.75) is 43.8 Å². The normalized spacial score (nSPS) is 29.1. The SMILES string of the molecule is Cc1cc([C@H]2[C@H]3O[C@H](C[C@@H]3F)[C@@H]2C(=O)Nc2cccc(C(F)(F)F)c2)ccn1.[HH]. The number of carbonyl (C=O) groups is 1. The summed E-state index contributed by atoms with van der Waals surface area (Å²) in [6.45, 7) is 1.79. The Bertz CT molecular complexity index is 908. The minimum atomic E-state index is -4.51. The predicted molar refractivity (Wildman–Crippen MR) is 95.6 cm³/mol. The highest BCUT2D eigenvalue weighted by Crippen LogP contribution is 2.50. The molecule has 1 aromatic carbocycles. The van der Waals surface area contributed by atoms with Crippen LogP contribution in [0.25, 0.3) is 0 Å². The van der Waals surface area contributed by atoms with Crippen molar-refractivity contribution < 1.29 is 28.5 Å². The molecule has 4 rings (SSSR count). The monoisotopic (exact) mass is 396 g/mol. The van der Waals surface area contributed by atoms with Crippen molar-refractivity contribution in [1.82, 2.24) is 4.98 Å². The van der Waals surface area contributed by atoms with Crippen LogP contribution in [0.4, 0.5) is 23.2 Å². The maximum Gasteiger partial charge on any atom is 0.416 e. The quantitative estimate of drug-likeness (QED) is 0.777. The average molecular weight is 396 g/mol. The third-order valence-corrected chi connectivity index (χ3v) is 5.35. The summed E-state index contributed by atoms with van der Waals surface area (Å²) in [6.07, 6.45) is -5.35. The number of nitrogens with zero attached hydrogens (tertiary/aromatic N) is 1. The molecule has 2 saturated heterocycles. The number of amides is 1. The summed E-state index contributed by atoms with van der Waals surface area (Å²) >= 11 is 0. The zero-order valence-electron chi connectivity index (χ0n) is 14.9. The van der Waals surface area contributed by atoms with Gasteiger partial charge in [0.2, 0.25) is 5.91 Å². The molecule has 2 aliphatic heterocycles. The Morgan fingerprint density at radius 1 is 1.29 bits per heavy atom. The molecule has 1 N–H and O–H groups in total. The smallest absolute Gasteiger partial charge is 0.370 e. The second-order valence-electron chi connectivity index (χ2n) is 7.24. The van der Waals surface area contributed by atoms with E-state index < -0.39 is 47.9 Å². The molecule has 0 saturated carbocycles. The van der Waals surface area contributed by atoms with Crippen LogP contribution in [0.5, 0.6) is 0 Å². The highest BCUT2D eigenvalue weighted by molar-refractivity contribution is 5.94. The lowest BCUT2D eigenvalue weighted by Gasteiger charge is -2.29. The van der Waals surface area contributed by atoms with Crippen molar-refractivity contribution in [3.05, 3.63) is 59.4 Å². The molecule has 28 heavy (non-hydrogen) atoms. The number of pyridine rings is 1. The van der Waals surface area contributed by atoms with Gasteiger partial charge in [-0.15, -0.1) is 0 Å². The number of ether oxygens (including phenoxy) is 1. The summed E-state index contributed by atoms with van der Waals surface area (Å²) < 4.78 is 58.7. The first-order chi connectivity index (χ1) is 13.2. The first-order valence-corrected chi connectivity index (χ1v) is 8.94. The highest BCUT2D eigenvalue weighted by Gasteiger charge is 2.57. The van der Waals surface area contributed by atoms with Gasteiger partial charge in [-0.3, -0.25) is 9.78 Å². The molecule has 2 bridgehead atoms. The van der Waals surface area contributed by atoms with Crippen LogP contribution in [-0.2, 0) is 15.7 Å². The molecule has 1 aromatic heterocycles. The number of rotatable bonds is 3. The fourth-order valence-electron chi connectivity index (χ4n) is 4.18. The molecule has 2 fully saturated rings. The van der Waals surface area contributed by atoms with Gasteiger partial charge in [-0.25, -0.2) is 4.39 Å². The molecule has 5 atom stereocenters. The maximum absolute atomic E-state index is 14.3. The van der Waals surface area contributed by atoms with E-state index in [1.165, 1.54) is 12.1 Å². The van der Waals surface area contributed by atoms with Crippen LogP contribution in [-0.4, -0.2) is 29.3 Å². The molecule has 1 amide bonds. The van der Waals surface area contributed by atoms with Crippen molar-refractivity contribution in [2.24, 2.45) is 5.92 Å². The van der Waals surface area contributed by atoms with Gasteiger partial charge in [0, 0.05) is 31.3 Å².